The molecule has 1 heterocycles. The van der Waals surface area contributed by atoms with Crippen molar-refractivity contribution in [2.24, 2.45) is 0 Å². The van der Waals surface area contributed by atoms with Gasteiger partial charge < -0.3 is 19.4 Å². The average molecular weight is 360 g/mol. The smallest absolute Gasteiger partial charge is 0.344 e. The van der Waals surface area contributed by atoms with Crippen LogP contribution in [0.1, 0.15) is 0 Å². The molecule has 0 bridgehead atoms. The van der Waals surface area contributed by atoms with Crippen LogP contribution in [0.15, 0.2) is 75.9 Å². The van der Waals surface area contributed by atoms with Crippen molar-refractivity contribution in [1.29, 1.82) is 0 Å². The zero-order chi connectivity index (χ0) is 19.0. The maximum Gasteiger partial charge on any atom is 0.344 e. The van der Waals surface area contributed by atoms with Crippen LogP contribution < -0.4 is 10.4 Å². The minimum absolute atomic E-state index is 0.0944. The Labute approximate surface area is 154 Å². The molecule has 2 N–H and O–H groups in total. The zero-order valence-electron chi connectivity index (χ0n) is 14.5. The third kappa shape index (κ3) is 3.00. The van der Waals surface area contributed by atoms with E-state index in [1.54, 1.807) is 43.5 Å². The number of phenolic OH excluding ortho intramolecular Hbond substituents is 2. The number of rotatable bonds is 3. The molecule has 5 nitrogen and oxygen atoms in total. The lowest BCUT2D eigenvalue weighted by atomic mass is 9.93. The number of fused-ring (bicyclic) bond motifs is 1. The minimum atomic E-state index is -0.503. The van der Waals surface area contributed by atoms with Crippen LogP contribution in [0.2, 0.25) is 0 Å². The molecular formula is C22H16O5. The third-order valence-corrected chi connectivity index (χ3v) is 4.38. The molecule has 0 aliphatic heterocycles. The Morgan fingerprint density at radius 3 is 2.15 bits per heavy atom. The van der Waals surface area contributed by atoms with Crippen molar-refractivity contribution in [3.63, 3.8) is 0 Å². The van der Waals surface area contributed by atoms with E-state index in [1.807, 2.05) is 12.1 Å². The van der Waals surface area contributed by atoms with Crippen LogP contribution in [-0.2, 0) is 0 Å². The highest BCUT2D eigenvalue weighted by atomic mass is 16.5. The van der Waals surface area contributed by atoms with Crippen LogP contribution in [0.3, 0.4) is 0 Å². The molecular weight excluding hydrogens is 344 g/mol. The van der Waals surface area contributed by atoms with E-state index >= 15 is 0 Å². The van der Waals surface area contributed by atoms with Gasteiger partial charge in [0.05, 0.1) is 12.7 Å². The Bertz CT molecular complexity index is 1170. The summed E-state index contributed by atoms with van der Waals surface area (Å²) in [6.07, 6.45) is 0. The van der Waals surface area contributed by atoms with E-state index in [9.17, 15) is 15.0 Å². The first-order valence-electron chi connectivity index (χ1n) is 8.30. The maximum atomic E-state index is 12.8. The Morgan fingerprint density at radius 1 is 0.815 bits per heavy atom. The second-order valence-corrected chi connectivity index (χ2v) is 6.10. The molecule has 0 unspecified atom stereocenters. The molecule has 0 fully saturated rings. The molecule has 3 aromatic carbocycles. The predicted molar refractivity (Wildman–Crippen MR) is 103 cm³/mol. The van der Waals surface area contributed by atoms with E-state index in [0.717, 1.165) is 0 Å². The monoisotopic (exact) mass is 360 g/mol. The quantitative estimate of drug-likeness (QED) is 0.524. The Kier molecular flexibility index (Phi) is 4.05. The molecule has 0 saturated heterocycles. The number of ether oxygens (including phenoxy) is 1. The van der Waals surface area contributed by atoms with Gasteiger partial charge in [-0.3, -0.25) is 0 Å². The lowest BCUT2D eigenvalue weighted by molar-refractivity contribution is 0.415. The Hall–Kier alpha value is -3.73. The first kappa shape index (κ1) is 16.7. The van der Waals surface area contributed by atoms with Gasteiger partial charge in [-0.25, -0.2) is 4.79 Å². The first-order valence-corrected chi connectivity index (χ1v) is 8.30. The summed E-state index contributed by atoms with van der Waals surface area (Å²) in [5.74, 6) is 0.478. The SMILES string of the molecule is COc1ccc(-c2c(-c3cc(O)cc(O)c3)c3ccccc3oc2=O)cc1. The number of hydrogen-bond donors (Lipinski definition) is 2. The normalized spacial score (nSPS) is 10.9. The van der Waals surface area contributed by atoms with Crippen LogP contribution in [-0.4, -0.2) is 17.3 Å². The largest absolute Gasteiger partial charge is 0.508 e. The van der Waals surface area contributed by atoms with Crippen molar-refractivity contribution in [2.75, 3.05) is 7.11 Å². The van der Waals surface area contributed by atoms with E-state index in [2.05, 4.69) is 0 Å². The van der Waals surface area contributed by atoms with Crippen molar-refractivity contribution in [3.8, 4) is 39.5 Å². The fraction of sp³-hybridized carbons (Fsp3) is 0.0455. The molecule has 0 saturated carbocycles. The van der Waals surface area contributed by atoms with E-state index in [0.29, 0.717) is 39.0 Å². The van der Waals surface area contributed by atoms with Crippen molar-refractivity contribution in [3.05, 3.63) is 77.2 Å². The molecule has 0 amide bonds. The number of benzene rings is 3. The highest BCUT2D eigenvalue weighted by molar-refractivity contribution is 6.01. The average Bonchev–Trinajstić information content (AvgIpc) is 2.66. The van der Waals surface area contributed by atoms with Crippen molar-refractivity contribution in [2.45, 2.75) is 0 Å². The van der Waals surface area contributed by atoms with Crippen LogP contribution in [0, 0.1) is 0 Å². The summed E-state index contributed by atoms with van der Waals surface area (Å²) in [6, 6.07) is 18.5. The van der Waals surface area contributed by atoms with Crippen molar-refractivity contribution < 1.29 is 19.4 Å². The molecule has 0 radical (unpaired) electrons. The highest BCUT2D eigenvalue weighted by Crippen LogP contribution is 2.38. The van der Waals surface area contributed by atoms with E-state index in [1.165, 1.54) is 18.2 Å². The molecule has 0 atom stereocenters. The van der Waals surface area contributed by atoms with Crippen molar-refractivity contribution in [1.82, 2.24) is 0 Å². The summed E-state index contributed by atoms with van der Waals surface area (Å²) in [6.45, 7) is 0. The second kappa shape index (κ2) is 6.53. The molecule has 0 aliphatic carbocycles. The van der Waals surface area contributed by atoms with Gasteiger partial charge in [-0.1, -0.05) is 30.3 Å². The Morgan fingerprint density at radius 2 is 1.48 bits per heavy atom. The zero-order valence-corrected chi connectivity index (χ0v) is 14.5. The standard InChI is InChI=1S/C22H16O5/c1-26-17-8-6-13(7-9-17)21-20(14-10-15(23)12-16(24)11-14)18-4-2-3-5-19(18)27-22(21)25/h2-12,23-24H,1H3. The number of phenols is 2. The fourth-order valence-corrected chi connectivity index (χ4v) is 3.21. The molecule has 1 aromatic heterocycles. The van der Waals surface area contributed by atoms with Gasteiger partial charge in [-0.2, -0.15) is 0 Å². The Balaban J connectivity index is 2.11. The number of aromatic hydroxyl groups is 2. The van der Waals surface area contributed by atoms with Crippen molar-refractivity contribution >= 4 is 11.0 Å². The molecule has 134 valence electrons. The van der Waals surface area contributed by atoms with E-state index in [4.69, 9.17) is 9.15 Å². The molecule has 27 heavy (non-hydrogen) atoms. The van der Waals surface area contributed by atoms with Gasteiger partial charge in [0.25, 0.3) is 0 Å². The minimum Gasteiger partial charge on any atom is -0.508 e. The van der Waals surface area contributed by atoms with Gasteiger partial charge in [-0.15, -0.1) is 0 Å². The number of para-hydroxylation sites is 1. The fourth-order valence-electron chi connectivity index (χ4n) is 3.21. The topological polar surface area (TPSA) is 79.9 Å². The third-order valence-electron chi connectivity index (χ3n) is 4.38. The molecule has 0 spiro atoms. The van der Waals surface area contributed by atoms with Gasteiger partial charge in [0.1, 0.15) is 22.8 Å². The van der Waals surface area contributed by atoms with Gasteiger partial charge in [0, 0.05) is 17.0 Å². The van der Waals surface area contributed by atoms with E-state index < -0.39 is 5.63 Å². The summed E-state index contributed by atoms with van der Waals surface area (Å²) < 4.78 is 10.7. The first-order chi connectivity index (χ1) is 13.1. The van der Waals surface area contributed by atoms with Gasteiger partial charge in [0.15, 0.2) is 0 Å². The maximum absolute atomic E-state index is 12.8. The second-order valence-electron chi connectivity index (χ2n) is 6.10. The van der Waals surface area contributed by atoms with Crippen LogP contribution >= 0.6 is 0 Å². The van der Waals surface area contributed by atoms with E-state index in [-0.39, 0.29) is 11.5 Å². The predicted octanol–water partition coefficient (Wildman–Crippen LogP) is 4.55. The van der Waals surface area contributed by atoms with Gasteiger partial charge in [0.2, 0.25) is 0 Å². The van der Waals surface area contributed by atoms with Crippen LogP contribution in [0.25, 0.3) is 33.2 Å². The molecule has 4 rings (SSSR count). The molecule has 4 aromatic rings. The highest BCUT2D eigenvalue weighted by Gasteiger charge is 2.19. The molecule has 0 aliphatic rings. The summed E-state index contributed by atoms with van der Waals surface area (Å²) in [7, 11) is 1.57. The molecule has 5 heteroatoms. The van der Waals surface area contributed by atoms with Gasteiger partial charge in [-0.05, 0) is 41.5 Å². The number of hydrogen-bond acceptors (Lipinski definition) is 5. The van der Waals surface area contributed by atoms with Crippen LogP contribution in [0.4, 0.5) is 0 Å². The van der Waals surface area contributed by atoms with Crippen LogP contribution in [0.5, 0.6) is 17.2 Å². The lowest BCUT2D eigenvalue weighted by Crippen LogP contribution is -2.06. The summed E-state index contributed by atoms with van der Waals surface area (Å²) >= 11 is 0. The summed E-state index contributed by atoms with van der Waals surface area (Å²) in [5, 5.41) is 20.6. The lowest BCUT2D eigenvalue weighted by Gasteiger charge is -2.13. The number of methoxy groups -OCH3 is 1. The van der Waals surface area contributed by atoms with Gasteiger partial charge >= 0.3 is 5.63 Å². The summed E-state index contributed by atoms with van der Waals surface area (Å²) in [4.78, 5) is 12.8. The summed E-state index contributed by atoms with van der Waals surface area (Å²) in [5.41, 5.74) is 2.02.